The molecule has 58 valence electrons. The van der Waals surface area contributed by atoms with Gasteiger partial charge in [-0.1, -0.05) is 12.7 Å². The summed E-state index contributed by atoms with van der Waals surface area (Å²) in [7, 11) is 0. The van der Waals surface area contributed by atoms with E-state index in [2.05, 4.69) is 11.3 Å². The third-order valence-corrected chi connectivity index (χ3v) is 0.975. The minimum Gasteiger partial charge on any atom is -0.457 e. The molecular weight excluding hydrogens is 132 g/mol. The summed E-state index contributed by atoms with van der Waals surface area (Å²) >= 11 is 0. The second kappa shape index (κ2) is 4.06. The van der Waals surface area contributed by atoms with Gasteiger partial charge in [-0.2, -0.15) is 0 Å². The second-order valence-corrected chi connectivity index (χ2v) is 2.05. The van der Waals surface area contributed by atoms with E-state index in [-0.39, 0.29) is 6.10 Å². The summed E-state index contributed by atoms with van der Waals surface area (Å²) in [6.07, 6.45) is 0.102. The van der Waals surface area contributed by atoms with Crippen LogP contribution in [0.25, 0.3) is 0 Å². The van der Waals surface area contributed by atoms with Crippen molar-refractivity contribution >= 4 is 5.97 Å². The van der Waals surface area contributed by atoms with Crippen LogP contribution in [-0.2, 0) is 9.53 Å². The molecule has 0 rings (SSSR count). The fourth-order valence-electron chi connectivity index (χ4n) is 0.330. The largest absolute Gasteiger partial charge is 0.457 e. The van der Waals surface area contributed by atoms with Crippen molar-refractivity contribution in [1.82, 2.24) is 0 Å². The van der Waals surface area contributed by atoms with Gasteiger partial charge in [-0.15, -0.1) is 0 Å². The van der Waals surface area contributed by atoms with Gasteiger partial charge >= 0.3 is 5.97 Å². The Labute approximate surface area is 60.3 Å². The lowest BCUT2D eigenvalue weighted by molar-refractivity contribution is -0.155. The van der Waals surface area contributed by atoms with E-state index < -0.39 is 12.1 Å². The van der Waals surface area contributed by atoms with Crippen LogP contribution in [0.15, 0.2) is 12.7 Å². The molecule has 1 unspecified atom stereocenters. The van der Waals surface area contributed by atoms with E-state index >= 15 is 0 Å². The lowest BCUT2D eigenvalue weighted by atomic mass is 10.4. The van der Waals surface area contributed by atoms with Crippen LogP contribution in [0.1, 0.15) is 13.8 Å². The minimum atomic E-state index is -1.05. The normalized spacial score (nSPS) is 15.5. The topological polar surface area (TPSA) is 46.5 Å². The van der Waals surface area contributed by atoms with Crippen LogP contribution >= 0.6 is 0 Å². The number of aliphatic hydroxyl groups excluding tert-OH is 1. The van der Waals surface area contributed by atoms with Gasteiger partial charge in [0.1, 0.15) is 12.2 Å². The number of esters is 1. The number of rotatable bonds is 3. The van der Waals surface area contributed by atoms with Gasteiger partial charge in [0.25, 0.3) is 0 Å². The molecule has 0 aliphatic heterocycles. The van der Waals surface area contributed by atoms with E-state index in [1.165, 1.54) is 13.0 Å². The van der Waals surface area contributed by atoms with E-state index in [1.54, 1.807) is 6.92 Å². The van der Waals surface area contributed by atoms with Crippen LogP contribution in [0.3, 0.4) is 0 Å². The van der Waals surface area contributed by atoms with E-state index in [9.17, 15) is 4.79 Å². The first-order chi connectivity index (χ1) is 4.57. The molecule has 0 aromatic heterocycles. The number of carbonyl (C=O) groups is 1. The molecule has 1 N–H and O–H groups in total. The third kappa shape index (κ3) is 3.25. The highest BCUT2D eigenvalue weighted by Gasteiger charge is 2.11. The predicted octanol–water partition coefficient (Wildman–Crippen LogP) is 0.485. The van der Waals surface area contributed by atoms with Gasteiger partial charge in [0.15, 0.2) is 0 Å². The molecule has 0 aliphatic rings. The van der Waals surface area contributed by atoms with Gasteiger partial charge in [-0.05, 0) is 13.8 Å². The summed E-state index contributed by atoms with van der Waals surface area (Å²) in [5.41, 5.74) is 0. The van der Waals surface area contributed by atoms with Crippen molar-refractivity contribution in [2.24, 2.45) is 0 Å². The highest BCUT2D eigenvalue weighted by molar-refractivity contribution is 5.74. The number of carbonyl (C=O) groups excluding carboxylic acids is 1. The molecule has 0 radical (unpaired) electrons. The van der Waals surface area contributed by atoms with E-state index in [0.29, 0.717) is 0 Å². The van der Waals surface area contributed by atoms with E-state index in [4.69, 9.17) is 5.11 Å². The smallest absolute Gasteiger partial charge is 0.335 e. The zero-order valence-electron chi connectivity index (χ0n) is 6.20. The van der Waals surface area contributed by atoms with E-state index in [1.807, 2.05) is 0 Å². The van der Waals surface area contributed by atoms with Crippen LogP contribution in [0.5, 0.6) is 0 Å². The third-order valence-electron chi connectivity index (χ3n) is 0.975. The Morgan fingerprint density at radius 3 is 2.50 bits per heavy atom. The molecule has 3 heteroatoms. The Morgan fingerprint density at radius 1 is 1.70 bits per heavy atom. The number of hydrogen-bond acceptors (Lipinski definition) is 3. The number of aliphatic hydroxyl groups is 1. The Kier molecular flexibility index (Phi) is 3.72. The van der Waals surface area contributed by atoms with Crippen molar-refractivity contribution in [1.29, 1.82) is 0 Å². The van der Waals surface area contributed by atoms with Crippen molar-refractivity contribution < 1.29 is 14.6 Å². The van der Waals surface area contributed by atoms with Crippen LogP contribution in [0, 0.1) is 0 Å². The average molecular weight is 144 g/mol. The quantitative estimate of drug-likeness (QED) is 0.463. The molecule has 0 aromatic rings. The highest BCUT2D eigenvalue weighted by Crippen LogP contribution is 1.94. The van der Waals surface area contributed by atoms with Gasteiger partial charge in [0.2, 0.25) is 0 Å². The molecule has 0 spiro atoms. The first kappa shape index (κ1) is 9.17. The van der Waals surface area contributed by atoms with E-state index in [0.717, 1.165) is 0 Å². The maximum atomic E-state index is 10.6. The fourth-order valence-corrected chi connectivity index (χ4v) is 0.330. The molecule has 0 aliphatic carbocycles. The Morgan fingerprint density at radius 2 is 2.20 bits per heavy atom. The summed E-state index contributed by atoms with van der Waals surface area (Å²) in [5, 5.41) is 8.66. The summed E-state index contributed by atoms with van der Waals surface area (Å²) in [4.78, 5) is 10.6. The SMILES string of the molecule is C=CC(C)OC(=O)[C@H](C)O. The standard InChI is InChI=1S/C7H12O3/c1-4-5(2)10-7(9)6(3)8/h4-6,8H,1H2,2-3H3/t5?,6-/m0/s1. The zero-order valence-corrected chi connectivity index (χ0v) is 6.20. The van der Waals surface area contributed by atoms with Crippen LogP contribution in [0.2, 0.25) is 0 Å². The van der Waals surface area contributed by atoms with Crippen molar-refractivity contribution in [2.75, 3.05) is 0 Å². The maximum Gasteiger partial charge on any atom is 0.335 e. The second-order valence-electron chi connectivity index (χ2n) is 2.05. The molecule has 0 amide bonds. The van der Waals surface area contributed by atoms with Crippen molar-refractivity contribution in [3.05, 3.63) is 12.7 Å². The Balaban J connectivity index is 3.68. The predicted molar refractivity (Wildman–Crippen MR) is 37.4 cm³/mol. The minimum absolute atomic E-state index is 0.331. The molecule has 0 fully saturated rings. The molecule has 0 bridgehead atoms. The first-order valence-electron chi connectivity index (χ1n) is 3.09. The van der Waals surface area contributed by atoms with Crippen molar-refractivity contribution in [3.63, 3.8) is 0 Å². The van der Waals surface area contributed by atoms with Crippen LogP contribution < -0.4 is 0 Å². The summed E-state index contributed by atoms with van der Waals surface area (Å²) in [6.45, 7) is 6.45. The molecular formula is C7H12O3. The lowest BCUT2D eigenvalue weighted by Crippen LogP contribution is -2.22. The van der Waals surface area contributed by atoms with Gasteiger partial charge < -0.3 is 9.84 Å². The van der Waals surface area contributed by atoms with Crippen LogP contribution in [0.4, 0.5) is 0 Å². The van der Waals surface area contributed by atoms with Crippen molar-refractivity contribution in [3.8, 4) is 0 Å². The highest BCUT2D eigenvalue weighted by atomic mass is 16.6. The average Bonchev–Trinajstić information content (AvgIpc) is 1.87. The Hall–Kier alpha value is -0.830. The fraction of sp³-hybridized carbons (Fsp3) is 0.571. The summed E-state index contributed by atoms with van der Waals surface area (Å²) in [6, 6.07) is 0. The Bertz CT molecular complexity index is 129. The van der Waals surface area contributed by atoms with Gasteiger partial charge in [0, 0.05) is 0 Å². The molecule has 0 saturated heterocycles. The number of hydrogen-bond donors (Lipinski definition) is 1. The van der Waals surface area contributed by atoms with Gasteiger partial charge in [-0.3, -0.25) is 0 Å². The monoisotopic (exact) mass is 144 g/mol. The van der Waals surface area contributed by atoms with Crippen molar-refractivity contribution in [2.45, 2.75) is 26.1 Å². The lowest BCUT2D eigenvalue weighted by Gasteiger charge is -2.09. The molecule has 0 aromatic carbocycles. The van der Waals surface area contributed by atoms with Crippen LogP contribution in [-0.4, -0.2) is 23.3 Å². The van der Waals surface area contributed by atoms with Gasteiger partial charge in [0.05, 0.1) is 0 Å². The molecule has 0 saturated carbocycles. The summed E-state index contributed by atoms with van der Waals surface area (Å²) < 4.78 is 4.65. The summed E-state index contributed by atoms with van der Waals surface area (Å²) in [5.74, 6) is -0.618. The molecule has 0 heterocycles. The molecule has 10 heavy (non-hydrogen) atoms. The maximum absolute atomic E-state index is 10.6. The first-order valence-corrected chi connectivity index (χ1v) is 3.09. The number of ether oxygens (including phenoxy) is 1. The molecule has 3 nitrogen and oxygen atoms in total. The van der Waals surface area contributed by atoms with Gasteiger partial charge in [-0.25, -0.2) is 4.79 Å². The zero-order chi connectivity index (χ0) is 8.15. The molecule has 2 atom stereocenters.